The maximum atomic E-state index is 11.8. The summed E-state index contributed by atoms with van der Waals surface area (Å²) in [7, 11) is 0. The summed E-state index contributed by atoms with van der Waals surface area (Å²) < 4.78 is 5.16. The lowest BCUT2D eigenvalue weighted by atomic mass is 9.68. The number of alkyl carbamates (subject to hydrolysis) is 1. The van der Waals surface area contributed by atoms with Crippen LogP contribution in [0.1, 0.15) is 60.3 Å². The molecule has 1 aliphatic rings. The van der Waals surface area contributed by atoms with Crippen LogP contribution in [0.3, 0.4) is 0 Å². The van der Waals surface area contributed by atoms with Crippen molar-refractivity contribution in [2.24, 2.45) is 11.3 Å². The van der Waals surface area contributed by atoms with Crippen LogP contribution in [0, 0.1) is 11.3 Å². The number of carbonyl (C=O) groups is 2. The van der Waals surface area contributed by atoms with Crippen LogP contribution in [0.5, 0.6) is 0 Å². The number of carboxylic acids is 1. The van der Waals surface area contributed by atoms with E-state index in [1.807, 2.05) is 6.92 Å². The van der Waals surface area contributed by atoms with Crippen LogP contribution in [0.2, 0.25) is 0 Å². The zero-order chi connectivity index (χ0) is 15.6. The molecule has 1 aliphatic carbocycles. The van der Waals surface area contributed by atoms with E-state index in [0.717, 1.165) is 25.7 Å². The van der Waals surface area contributed by atoms with E-state index < -0.39 is 29.1 Å². The summed E-state index contributed by atoms with van der Waals surface area (Å²) in [5, 5.41) is 12.0. The second-order valence-corrected chi connectivity index (χ2v) is 7.25. The fourth-order valence-corrected chi connectivity index (χ4v) is 2.67. The van der Waals surface area contributed by atoms with Crippen LogP contribution < -0.4 is 5.32 Å². The first-order valence-corrected chi connectivity index (χ1v) is 7.26. The maximum Gasteiger partial charge on any atom is 0.408 e. The number of carboxylic acid groups (broad SMARTS) is 1. The molecular formula is C15H27NO4. The minimum absolute atomic E-state index is 0.407. The molecule has 1 fully saturated rings. The number of hydrogen-bond donors (Lipinski definition) is 2. The molecule has 20 heavy (non-hydrogen) atoms. The van der Waals surface area contributed by atoms with Crippen LogP contribution in [0.25, 0.3) is 0 Å². The highest BCUT2D eigenvalue weighted by molar-refractivity contribution is 5.81. The first kappa shape index (κ1) is 16.8. The molecule has 0 unspecified atom stereocenters. The van der Waals surface area contributed by atoms with Crippen LogP contribution in [-0.2, 0) is 9.53 Å². The fourth-order valence-electron chi connectivity index (χ4n) is 2.67. The molecule has 0 aromatic heterocycles. The van der Waals surface area contributed by atoms with Gasteiger partial charge in [0.25, 0.3) is 0 Å². The second kappa shape index (κ2) is 6.02. The Kier molecular flexibility index (Phi) is 5.05. The summed E-state index contributed by atoms with van der Waals surface area (Å²) in [6, 6.07) is -0.898. The Bertz CT molecular complexity index is 365. The lowest BCUT2D eigenvalue weighted by Gasteiger charge is -2.40. The predicted molar refractivity (Wildman–Crippen MR) is 76.5 cm³/mol. The van der Waals surface area contributed by atoms with Gasteiger partial charge in [-0.2, -0.15) is 0 Å². The summed E-state index contributed by atoms with van der Waals surface area (Å²) in [4.78, 5) is 23.3. The van der Waals surface area contributed by atoms with Gasteiger partial charge >= 0.3 is 12.1 Å². The number of ether oxygens (including phenoxy) is 1. The van der Waals surface area contributed by atoms with Crippen molar-refractivity contribution in [3.63, 3.8) is 0 Å². The highest BCUT2D eigenvalue weighted by Gasteiger charge is 2.42. The average molecular weight is 285 g/mol. The summed E-state index contributed by atoms with van der Waals surface area (Å²) in [6.07, 6.45) is 2.94. The second-order valence-electron chi connectivity index (χ2n) is 7.25. The molecule has 0 aromatic rings. The Morgan fingerprint density at radius 2 is 1.80 bits per heavy atom. The van der Waals surface area contributed by atoms with Crippen LogP contribution in [0.15, 0.2) is 0 Å². The minimum Gasteiger partial charge on any atom is -0.480 e. The van der Waals surface area contributed by atoms with Gasteiger partial charge < -0.3 is 15.2 Å². The van der Waals surface area contributed by atoms with E-state index in [1.165, 1.54) is 0 Å². The molecule has 0 bridgehead atoms. The van der Waals surface area contributed by atoms with Gasteiger partial charge in [0, 0.05) is 0 Å². The summed E-state index contributed by atoms with van der Waals surface area (Å²) in [6.45, 7) is 9.39. The zero-order valence-corrected chi connectivity index (χ0v) is 13.2. The van der Waals surface area contributed by atoms with Crippen LogP contribution >= 0.6 is 0 Å². The molecular weight excluding hydrogens is 258 g/mol. The van der Waals surface area contributed by atoms with Gasteiger partial charge in [0.2, 0.25) is 0 Å². The van der Waals surface area contributed by atoms with E-state index in [0.29, 0.717) is 5.92 Å². The van der Waals surface area contributed by atoms with Gasteiger partial charge in [0.1, 0.15) is 11.6 Å². The number of nitrogens with one attached hydrogen (secondary N) is 1. The molecule has 116 valence electrons. The molecule has 1 saturated carbocycles. The topological polar surface area (TPSA) is 75.6 Å². The van der Waals surface area contributed by atoms with Crippen molar-refractivity contribution in [3.8, 4) is 0 Å². The fraction of sp³-hybridized carbons (Fsp3) is 0.867. The van der Waals surface area contributed by atoms with E-state index >= 15 is 0 Å². The molecule has 0 radical (unpaired) electrons. The van der Waals surface area contributed by atoms with Crippen molar-refractivity contribution in [1.82, 2.24) is 5.32 Å². The standard InChI is InChI=1S/C15H27NO4/c1-10-6-8-15(5,9-7-10)11(12(17)18)16-13(19)20-14(2,3)4/h10-11H,6-9H2,1-5H3,(H,16,19)(H,17,18)/t10?,11-,15?/m1/s1. The molecule has 1 atom stereocenters. The largest absolute Gasteiger partial charge is 0.480 e. The third kappa shape index (κ3) is 4.69. The average Bonchev–Trinajstić information content (AvgIpc) is 2.27. The highest BCUT2D eigenvalue weighted by Crippen LogP contribution is 2.41. The van der Waals surface area contributed by atoms with Gasteiger partial charge in [-0.15, -0.1) is 0 Å². The third-order valence-electron chi connectivity index (χ3n) is 4.02. The summed E-state index contributed by atoms with van der Waals surface area (Å²) >= 11 is 0. The first-order chi connectivity index (χ1) is 9.03. The first-order valence-electron chi connectivity index (χ1n) is 7.26. The molecule has 5 nitrogen and oxygen atoms in total. The molecule has 5 heteroatoms. The Balaban J connectivity index is 2.74. The van der Waals surface area contributed by atoms with Gasteiger partial charge in [0.15, 0.2) is 0 Å². The van der Waals surface area contributed by atoms with Crippen LogP contribution in [0.4, 0.5) is 4.79 Å². The van der Waals surface area contributed by atoms with Gasteiger partial charge in [-0.1, -0.05) is 26.7 Å². The normalized spacial score (nSPS) is 28.6. The van der Waals surface area contributed by atoms with Gasteiger partial charge in [-0.05, 0) is 44.9 Å². The van der Waals surface area contributed by atoms with Crippen molar-refractivity contribution in [1.29, 1.82) is 0 Å². The van der Waals surface area contributed by atoms with E-state index in [9.17, 15) is 14.7 Å². The molecule has 0 heterocycles. The molecule has 1 rings (SSSR count). The third-order valence-corrected chi connectivity index (χ3v) is 4.02. The van der Waals surface area contributed by atoms with E-state index in [4.69, 9.17) is 4.74 Å². The number of aliphatic carboxylic acids is 1. The van der Waals surface area contributed by atoms with E-state index in [1.54, 1.807) is 20.8 Å². The molecule has 1 amide bonds. The van der Waals surface area contributed by atoms with Gasteiger partial charge in [-0.25, -0.2) is 9.59 Å². The van der Waals surface area contributed by atoms with Gasteiger partial charge in [-0.3, -0.25) is 0 Å². The lowest BCUT2D eigenvalue weighted by molar-refractivity contribution is -0.144. The number of rotatable bonds is 3. The summed E-state index contributed by atoms with van der Waals surface area (Å²) in [5.74, 6) is -0.369. The van der Waals surface area contributed by atoms with Crippen molar-refractivity contribution >= 4 is 12.1 Å². The molecule has 0 saturated heterocycles. The monoisotopic (exact) mass is 285 g/mol. The summed E-state index contributed by atoms with van der Waals surface area (Å²) in [5.41, 5.74) is -1.04. The van der Waals surface area contributed by atoms with Gasteiger partial charge in [0.05, 0.1) is 0 Å². The minimum atomic E-state index is -0.993. The SMILES string of the molecule is CC1CCC(C)([C@H](NC(=O)OC(C)(C)C)C(=O)O)CC1. The number of carbonyl (C=O) groups excluding carboxylic acids is 1. The Labute approximate surface area is 121 Å². The molecule has 0 spiro atoms. The highest BCUT2D eigenvalue weighted by atomic mass is 16.6. The van der Waals surface area contributed by atoms with Crippen molar-refractivity contribution in [2.45, 2.75) is 71.9 Å². The number of amides is 1. The van der Waals surface area contributed by atoms with Crippen LogP contribution in [-0.4, -0.2) is 28.8 Å². The molecule has 0 aliphatic heterocycles. The zero-order valence-electron chi connectivity index (χ0n) is 13.2. The quantitative estimate of drug-likeness (QED) is 0.835. The Hall–Kier alpha value is -1.26. The predicted octanol–water partition coefficient (Wildman–Crippen LogP) is 3.18. The molecule has 0 aromatic carbocycles. The van der Waals surface area contributed by atoms with E-state index in [2.05, 4.69) is 12.2 Å². The Morgan fingerprint density at radius 1 is 1.30 bits per heavy atom. The van der Waals surface area contributed by atoms with Crippen molar-refractivity contribution < 1.29 is 19.4 Å². The smallest absolute Gasteiger partial charge is 0.408 e. The van der Waals surface area contributed by atoms with Crippen molar-refractivity contribution in [3.05, 3.63) is 0 Å². The maximum absolute atomic E-state index is 11.8. The lowest BCUT2D eigenvalue weighted by Crippen LogP contribution is -2.53. The van der Waals surface area contributed by atoms with E-state index in [-0.39, 0.29) is 0 Å². The van der Waals surface area contributed by atoms with Crippen molar-refractivity contribution in [2.75, 3.05) is 0 Å². The Morgan fingerprint density at radius 3 is 2.20 bits per heavy atom. The number of hydrogen-bond acceptors (Lipinski definition) is 3. The molecule has 2 N–H and O–H groups in total.